The fourth-order valence-electron chi connectivity index (χ4n) is 3.17. The number of hydrogen-bond donors (Lipinski definition) is 3. The van der Waals surface area contributed by atoms with E-state index < -0.39 is 0 Å². The average molecular weight is 407 g/mol. The number of amides is 3. The Morgan fingerprint density at radius 3 is 2.72 bits per heavy atom. The van der Waals surface area contributed by atoms with Gasteiger partial charge in [-0.25, -0.2) is 4.79 Å². The molecule has 29 heavy (non-hydrogen) atoms. The molecule has 1 aromatic carbocycles. The molecule has 3 amide bonds. The van der Waals surface area contributed by atoms with Gasteiger partial charge in [-0.05, 0) is 44.9 Å². The Morgan fingerprint density at radius 1 is 1.34 bits per heavy atom. The summed E-state index contributed by atoms with van der Waals surface area (Å²) in [5.74, 6) is 0.542. The summed E-state index contributed by atoms with van der Waals surface area (Å²) in [4.78, 5) is 26.8. The lowest BCUT2D eigenvalue weighted by Gasteiger charge is -2.30. The first kappa shape index (κ1) is 23.0. The van der Waals surface area contributed by atoms with Gasteiger partial charge >= 0.3 is 6.03 Å². The summed E-state index contributed by atoms with van der Waals surface area (Å²) in [5.41, 5.74) is 0.937. The molecule has 0 unspecified atom stereocenters. The van der Waals surface area contributed by atoms with E-state index in [1.807, 2.05) is 20.8 Å². The topological polar surface area (TPSA) is 91.9 Å². The molecule has 8 nitrogen and oxygen atoms in total. The highest BCUT2D eigenvalue weighted by Crippen LogP contribution is 2.25. The molecule has 0 aromatic heterocycles. The van der Waals surface area contributed by atoms with Gasteiger partial charge in [0.1, 0.15) is 12.4 Å². The van der Waals surface area contributed by atoms with Crippen LogP contribution in [0, 0.1) is 5.92 Å². The summed E-state index contributed by atoms with van der Waals surface area (Å²) >= 11 is 0. The van der Waals surface area contributed by atoms with Crippen molar-refractivity contribution in [2.45, 2.75) is 45.9 Å². The van der Waals surface area contributed by atoms with Gasteiger partial charge in [-0.2, -0.15) is 0 Å². The monoisotopic (exact) mass is 406 g/mol. The number of anilines is 1. The normalized spacial score (nSPS) is 23.5. The standard InChI is InChI=1S/C21H34N4O4/c1-13(2)23-21(27)24-16-7-8-18-17(9-16)20(26)25(5)11-19(28-6)14(3)10-22-15(4)12-29-18/h7-9,13-15,19,22H,10-12H2,1-6H3,(H2,23,24,27)/t14-,15-,19+/m0/s1. The number of nitrogens with one attached hydrogen (secondary N) is 3. The Hall–Kier alpha value is -2.32. The molecule has 1 aromatic rings. The number of carbonyl (C=O) groups excluding carboxylic acids is 2. The van der Waals surface area contributed by atoms with E-state index in [9.17, 15) is 9.59 Å². The number of nitrogens with zero attached hydrogens (tertiary/aromatic N) is 1. The Balaban J connectivity index is 2.31. The number of carbonyl (C=O) groups is 2. The van der Waals surface area contributed by atoms with Crippen LogP contribution in [0.4, 0.5) is 10.5 Å². The van der Waals surface area contributed by atoms with Crippen LogP contribution in [0.2, 0.25) is 0 Å². The minimum atomic E-state index is -0.319. The number of methoxy groups -OCH3 is 1. The van der Waals surface area contributed by atoms with Crippen molar-refractivity contribution in [3.8, 4) is 5.75 Å². The van der Waals surface area contributed by atoms with E-state index in [1.165, 1.54) is 0 Å². The first-order valence-electron chi connectivity index (χ1n) is 10.1. The zero-order chi connectivity index (χ0) is 21.6. The van der Waals surface area contributed by atoms with Gasteiger partial charge in [0.05, 0.1) is 11.7 Å². The molecule has 0 saturated heterocycles. The van der Waals surface area contributed by atoms with Gasteiger partial charge in [0.2, 0.25) is 0 Å². The predicted molar refractivity (Wildman–Crippen MR) is 114 cm³/mol. The number of rotatable bonds is 3. The largest absolute Gasteiger partial charge is 0.491 e. The molecule has 8 heteroatoms. The van der Waals surface area contributed by atoms with E-state index >= 15 is 0 Å². The van der Waals surface area contributed by atoms with E-state index in [1.54, 1.807) is 37.3 Å². The molecule has 0 fully saturated rings. The number of ether oxygens (including phenoxy) is 2. The van der Waals surface area contributed by atoms with Crippen LogP contribution in [0.3, 0.4) is 0 Å². The zero-order valence-electron chi connectivity index (χ0n) is 18.2. The molecular formula is C21H34N4O4. The lowest BCUT2D eigenvalue weighted by atomic mass is 10.0. The van der Waals surface area contributed by atoms with Crippen molar-refractivity contribution in [2.24, 2.45) is 5.92 Å². The highest BCUT2D eigenvalue weighted by atomic mass is 16.5. The van der Waals surface area contributed by atoms with Crippen molar-refractivity contribution in [1.82, 2.24) is 15.5 Å². The van der Waals surface area contributed by atoms with Crippen LogP contribution in [0.15, 0.2) is 18.2 Å². The summed E-state index contributed by atoms with van der Waals surface area (Å²) in [6.07, 6.45) is -0.0921. The molecule has 1 aliphatic rings. The van der Waals surface area contributed by atoms with Crippen molar-refractivity contribution in [2.75, 3.05) is 39.2 Å². The fourth-order valence-corrected chi connectivity index (χ4v) is 3.17. The molecule has 3 N–H and O–H groups in total. The SMILES string of the molecule is CO[C@@H]1CN(C)C(=O)c2cc(NC(=O)NC(C)C)ccc2OC[C@H](C)NC[C@@H]1C. The van der Waals surface area contributed by atoms with Gasteiger partial charge in [-0.3, -0.25) is 4.79 Å². The zero-order valence-corrected chi connectivity index (χ0v) is 18.2. The third-order valence-electron chi connectivity index (χ3n) is 4.90. The summed E-state index contributed by atoms with van der Waals surface area (Å²) in [5, 5.41) is 8.99. The Labute approximate surface area is 173 Å². The molecule has 0 bridgehead atoms. The smallest absolute Gasteiger partial charge is 0.319 e. The molecule has 1 aliphatic heterocycles. The molecule has 2 rings (SSSR count). The number of hydrogen-bond acceptors (Lipinski definition) is 5. The summed E-state index contributed by atoms with van der Waals surface area (Å²) in [6.45, 7) is 9.56. The first-order valence-corrected chi connectivity index (χ1v) is 10.1. The van der Waals surface area contributed by atoms with Crippen LogP contribution in [0.25, 0.3) is 0 Å². The van der Waals surface area contributed by atoms with E-state index in [-0.39, 0.29) is 36.0 Å². The third-order valence-corrected chi connectivity index (χ3v) is 4.90. The Kier molecular flexibility index (Phi) is 8.28. The van der Waals surface area contributed by atoms with Crippen LogP contribution in [0.1, 0.15) is 38.1 Å². The van der Waals surface area contributed by atoms with Crippen molar-refractivity contribution in [3.63, 3.8) is 0 Å². The number of benzene rings is 1. The molecule has 0 aliphatic carbocycles. The van der Waals surface area contributed by atoms with Crippen molar-refractivity contribution < 1.29 is 19.1 Å². The Bertz CT molecular complexity index is 710. The maximum absolute atomic E-state index is 13.2. The highest BCUT2D eigenvalue weighted by molar-refractivity contribution is 5.99. The number of likely N-dealkylation sites (N-methyl/N-ethyl adjacent to an activating group) is 1. The lowest BCUT2D eigenvalue weighted by molar-refractivity contribution is 0.0281. The average Bonchev–Trinajstić information content (AvgIpc) is 2.66. The van der Waals surface area contributed by atoms with Crippen LogP contribution < -0.4 is 20.7 Å². The maximum Gasteiger partial charge on any atom is 0.319 e. The van der Waals surface area contributed by atoms with Gasteiger partial charge in [0, 0.05) is 45.0 Å². The van der Waals surface area contributed by atoms with Crippen molar-refractivity contribution >= 4 is 17.6 Å². The van der Waals surface area contributed by atoms with Crippen LogP contribution in [-0.2, 0) is 4.74 Å². The quantitative estimate of drug-likeness (QED) is 0.716. The van der Waals surface area contributed by atoms with E-state index in [0.29, 0.717) is 30.2 Å². The van der Waals surface area contributed by atoms with Gasteiger partial charge < -0.3 is 30.3 Å². The molecule has 0 radical (unpaired) electrons. The minimum Gasteiger partial charge on any atom is -0.491 e. The van der Waals surface area contributed by atoms with Gasteiger partial charge in [-0.15, -0.1) is 0 Å². The number of fused-ring (bicyclic) bond motifs is 1. The van der Waals surface area contributed by atoms with Crippen LogP contribution >= 0.6 is 0 Å². The summed E-state index contributed by atoms with van der Waals surface area (Å²) in [6, 6.07) is 4.92. The van der Waals surface area contributed by atoms with Gasteiger partial charge in [-0.1, -0.05) is 6.92 Å². The molecule has 0 spiro atoms. The lowest BCUT2D eigenvalue weighted by Crippen LogP contribution is -2.44. The summed E-state index contributed by atoms with van der Waals surface area (Å²) < 4.78 is 11.6. The van der Waals surface area contributed by atoms with Crippen molar-refractivity contribution in [1.29, 1.82) is 0 Å². The second-order valence-corrected chi connectivity index (χ2v) is 8.02. The summed E-state index contributed by atoms with van der Waals surface area (Å²) in [7, 11) is 3.42. The molecule has 0 saturated carbocycles. The second kappa shape index (κ2) is 10.5. The van der Waals surface area contributed by atoms with E-state index in [0.717, 1.165) is 6.54 Å². The van der Waals surface area contributed by atoms with Gasteiger partial charge in [0.25, 0.3) is 5.91 Å². The highest BCUT2D eigenvalue weighted by Gasteiger charge is 2.25. The molecule has 1 heterocycles. The first-order chi connectivity index (χ1) is 13.7. The van der Waals surface area contributed by atoms with Crippen molar-refractivity contribution in [3.05, 3.63) is 23.8 Å². The fraction of sp³-hybridized carbons (Fsp3) is 0.619. The van der Waals surface area contributed by atoms with Gasteiger partial charge in [0.15, 0.2) is 0 Å². The second-order valence-electron chi connectivity index (χ2n) is 8.02. The maximum atomic E-state index is 13.2. The molecular weight excluding hydrogens is 372 g/mol. The van der Waals surface area contributed by atoms with E-state index in [2.05, 4.69) is 22.9 Å². The predicted octanol–water partition coefficient (Wildman–Crippen LogP) is 2.31. The Morgan fingerprint density at radius 2 is 2.07 bits per heavy atom. The third kappa shape index (κ3) is 6.61. The van der Waals surface area contributed by atoms with Crippen LogP contribution in [0.5, 0.6) is 5.75 Å². The van der Waals surface area contributed by atoms with E-state index in [4.69, 9.17) is 9.47 Å². The number of urea groups is 1. The minimum absolute atomic E-state index is 0.0114. The molecule has 162 valence electrons. The molecule has 3 atom stereocenters. The van der Waals surface area contributed by atoms with Crippen LogP contribution in [-0.4, -0.2) is 68.9 Å².